The summed E-state index contributed by atoms with van der Waals surface area (Å²) in [5, 5.41) is 12.6. The van der Waals surface area contributed by atoms with Gasteiger partial charge in [-0.3, -0.25) is 24.4 Å². The van der Waals surface area contributed by atoms with Crippen molar-refractivity contribution in [3.8, 4) is 5.75 Å². The molecule has 3 aromatic carbocycles. The Kier molecular flexibility index (Phi) is 16.5. The maximum atomic E-state index is 13.7. The predicted octanol–water partition coefficient (Wildman–Crippen LogP) is 6.04. The van der Waals surface area contributed by atoms with Crippen LogP contribution < -0.4 is 15.6 Å². The zero-order valence-corrected chi connectivity index (χ0v) is 29.6. The zero-order valence-electron chi connectivity index (χ0n) is 29.6. The minimum absolute atomic E-state index is 0.0729. The van der Waals surface area contributed by atoms with Gasteiger partial charge in [-0.15, -0.1) is 0 Å². The van der Waals surface area contributed by atoms with E-state index in [4.69, 9.17) is 19.4 Å². The molecule has 0 radical (unpaired) electrons. The average molecular weight is 713 g/mol. The lowest BCUT2D eigenvalue weighted by atomic mass is 9.99. The number of benzene rings is 3. The number of methoxy groups -OCH3 is 1. The van der Waals surface area contributed by atoms with E-state index < -0.39 is 12.1 Å². The SMILES string of the molecule is COC[C@H]1[C@H](c2ccccc2)OC(=O)CC/C=C/CCC(=O)N1Cc1ccc(/C=N/NC(=O)c2ccc(OCCCCCCC(=O)NO)cc2)cc1. The van der Waals surface area contributed by atoms with Crippen LogP contribution in [-0.2, 0) is 30.4 Å². The lowest BCUT2D eigenvalue weighted by Gasteiger charge is -2.37. The third-order valence-corrected chi connectivity index (χ3v) is 8.52. The summed E-state index contributed by atoms with van der Waals surface area (Å²) in [6.45, 7) is 0.964. The number of nitrogens with zero attached hydrogens (tertiary/aromatic N) is 2. The molecule has 3 N–H and O–H groups in total. The van der Waals surface area contributed by atoms with Gasteiger partial charge in [-0.2, -0.15) is 5.10 Å². The lowest BCUT2D eigenvalue weighted by Crippen LogP contribution is -2.47. The number of rotatable bonds is 16. The molecule has 0 bridgehead atoms. The molecular weight excluding hydrogens is 664 g/mol. The monoisotopic (exact) mass is 712 g/mol. The van der Waals surface area contributed by atoms with Gasteiger partial charge in [-0.05, 0) is 66.6 Å². The van der Waals surface area contributed by atoms with Crippen molar-refractivity contribution in [3.05, 3.63) is 113 Å². The minimum atomic E-state index is -0.712. The number of amides is 3. The summed E-state index contributed by atoms with van der Waals surface area (Å²) in [5.74, 6) is -0.505. The second kappa shape index (κ2) is 21.8. The number of cyclic esters (lactones) is 1. The first-order chi connectivity index (χ1) is 25.4. The van der Waals surface area contributed by atoms with Crippen LogP contribution in [0, 0.1) is 0 Å². The van der Waals surface area contributed by atoms with E-state index in [1.807, 2.05) is 66.7 Å². The molecule has 276 valence electrons. The van der Waals surface area contributed by atoms with E-state index >= 15 is 0 Å². The van der Waals surface area contributed by atoms with Gasteiger partial charge < -0.3 is 19.1 Å². The molecule has 0 unspecified atom stereocenters. The van der Waals surface area contributed by atoms with E-state index in [0.717, 1.165) is 36.0 Å². The van der Waals surface area contributed by atoms with E-state index in [9.17, 15) is 19.2 Å². The number of nitrogens with one attached hydrogen (secondary N) is 2. The molecule has 1 aliphatic rings. The van der Waals surface area contributed by atoms with Crippen molar-refractivity contribution >= 4 is 29.9 Å². The molecule has 4 rings (SSSR count). The van der Waals surface area contributed by atoms with Crippen molar-refractivity contribution < 1.29 is 38.6 Å². The fourth-order valence-electron chi connectivity index (χ4n) is 5.73. The van der Waals surface area contributed by atoms with Gasteiger partial charge in [-0.25, -0.2) is 10.9 Å². The van der Waals surface area contributed by atoms with Gasteiger partial charge in [0.05, 0.1) is 25.5 Å². The first-order valence-electron chi connectivity index (χ1n) is 17.6. The third kappa shape index (κ3) is 13.1. The summed E-state index contributed by atoms with van der Waals surface area (Å²) in [6, 6.07) is 23.2. The number of ether oxygens (including phenoxy) is 3. The Morgan fingerprint density at radius 2 is 1.63 bits per heavy atom. The molecule has 1 heterocycles. The number of carbonyl (C=O) groups excluding carboxylic acids is 4. The number of allylic oxidation sites excluding steroid dienone is 2. The first-order valence-corrected chi connectivity index (χ1v) is 17.6. The minimum Gasteiger partial charge on any atom is -0.494 e. The summed E-state index contributed by atoms with van der Waals surface area (Å²) < 4.78 is 17.4. The van der Waals surface area contributed by atoms with Crippen molar-refractivity contribution in [2.45, 2.75) is 76.5 Å². The van der Waals surface area contributed by atoms with Crippen LogP contribution in [0.1, 0.15) is 90.9 Å². The molecule has 0 fully saturated rings. The van der Waals surface area contributed by atoms with E-state index in [-0.39, 0.29) is 43.3 Å². The van der Waals surface area contributed by atoms with Crippen molar-refractivity contribution in [1.29, 1.82) is 0 Å². The topological polar surface area (TPSA) is 156 Å². The van der Waals surface area contributed by atoms with E-state index in [1.165, 1.54) is 0 Å². The van der Waals surface area contributed by atoms with Gasteiger partial charge in [0.2, 0.25) is 11.8 Å². The third-order valence-electron chi connectivity index (χ3n) is 8.52. The summed E-state index contributed by atoms with van der Waals surface area (Å²) in [7, 11) is 1.57. The number of hydrazone groups is 1. The fraction of sp³-hybridized carbons (Fsp3) is 0.375. The number of unbranched alkanes of at least 4 members (excludes halogenated alkanes) is 3. The highest BCUT2D eigenvalue weighted by Gasteiger charge is 2.34. The predicted molar refractivity (Wildman–Crippen MR) is 196 cm³/mol. The maximum Gasteiger partial charge on any atom is 0.306 e. The van der Waals surface area contributed by atoms with Crippen LogP contribution in [0.5, 0.6) is 5.75 Å². The Labute approximate surface area is 304 Å². The average Bonchev–Trinajstić information content (AvgIpc) is 3.16. The van der Waals surface area contributed by atoms with Crippen molar-refractivity contribution in [2.75, 3.05) is 20.3 Å². The van der Waals surface area contributed by atoms with Gasteiger partial charge in [0.1, 0.15) is 11.9 Å². The normalized spacial score (nSPS) is 17.5. The second-order valence-corrected chi connectivity index (χ2v) is 12.4. The van der Waals surface area contributed by atoms with Crippen LogP contribution in [0.15, 0.2) is 96.1 Å². The molecule has 12 heteroatoms. The first kappa shape index (κ1) is 39.5. The number of esters is 1. The molecule has 0 aliphatic carbocycles. The summed E-state index contributed by atoms with van der Waals surface area (Å²) in [4.78, 5) is 52.0. The van der Waals surface area contributed by atoms with Crippen LogP contribution in [0.25, 0.3) is 0 Å². The Morgan fingerprint density at radius 3 is 2.35 bits per heavy atom. The number of hydrogen-bond donors (Lipinski definition) is 3. The smallest absolute Gasteiger partial charge is 0.306 e. The second-order valence-electron chi connectivity index (χ2n) is 12.4. The lowest BCUT2D eigenvalue weighted by molar-refractivity contribution is -0.159. The quantitative estimate of drug-likeness (QED) is 0.0405. The summed E-state index contributed by atoms with van der Waals surface area (Å²) in [5.41, 5.74) is 7.00. The fourth-order valence-corrected chi connectivity index (χ4v) is 5.73. The molecule has 12 nitrogen and oxygen atoms in total. The van der Waals surface area contributed by atoms with Crippen LogP contribution >= 0.6 is 0 Å². The molecule has 0 aromatic heterocycles. The van der Waals surface area contributed by atoms with Gasteiger partial charge in [0, 0.05) is 38.5 Å². The van der Waals surface area contributed by atoms with Crippen molar-refractivity contribution in [3.63, 3.8) is 0 Å². The van der Waals surface area contributed by atoms with E-state index in [1.54, 1.807) is 48.0 Å². The van der Waals surface area contributed by atoms with Gasteiger partial charge in [0.25, 0.3) is 5.91 Å². The molecule has 2 atom stereocenters. The maximum absolute atomic E-state index is 13.7. The largest absolute Gasteiger partial charge is 0.494 e. The highest BCUT2D eigenvalue weighted by Crippen LogP contribution is 2.29. The van der Waals surface area contributed by atoms with Gasteiger partial charge >= 0.3 is 5.97 Å². The van der Waals surface area contributed by atoms with E-state index in [0.29, 0.717) is 50.0 Å². The Morgan fingerprint density at radius 1 is 0.923 bits per heavy atom. The van der Waals surface area contributed by atoms with Crippen LogP contribution in [0.4, 0.5) is 0 Å². The molecule has 52 heavy (non-hydrogen) atoms. The van der Waals surface area contributed by atoms with Gasteiger partial charge in [-0.1, -0.05) is 79.6 Å². The highest BCUT2D eigenvalue weighted by atomic mass is 16.5. The van der Waals surface area contributed by atoms with Gasteiger partial charge in [0.15, 0.2) is 0 Å². The Bertz CT molecular complexity index is 1630. The molecule has 0 saturated heterocycles. The Hall–Kier alpha value is -5.33. The number of hydrogen-bond acceptors (Lipinski definition) is 9. The molecule has 3 aromatic rings. The van der Waals surface area contributed by atoms with Crippen LogP contribution in [0.2, 0.25) is 0 Å². The summed E-state index contributed by atoms with van der Waals surface area (Å²) >= 11 is 0. The van der Waals surface area contributed by atoms with Crippen LogP contribution in [0.3, 0.4) is 0 Å². The van der Waals surface area contributed by atoms with Crippen molar-refractivity contribution in [2.24, 2.45) is 5.10 Å². The van der Waals surface area contributed by atoms with Crippen LogP contribution in [-0.4, -0.2) is 66.4 Å². The number of hydroxylamine groups is 1. The Balaban J connectivity index is 1.34. The standard InChI is InChI=1S/C40H48N4O8/c1-50-29-35-39(32-13-7-6-8-14-32)52-38(47)17-11-3-2-10-16-37(46)44(35)28-31-20-18-30(19-21-31)27-41-42-40(48)33-22-24-34(25-23-33)51-26-12-5-4-9-15-36(45)43-49/h2-3,6-8,13-14,18-25,27,35,39,49H,4-5,9-12,15-17,26,28-29H2,1H3,(H,42,48)(H,43,45)/b3-2+,41-27+/t35-,39-/m0/s1. The van der Waals surface area contributed by atoms with Crippen molar-refractivity contribution in [1.82, 2.24) is 15.8 Å². The molecule has 1 aliphatic heterocycles. The zero-order chi connectivity index (χ0) is 37.0. The molecule has 0 spiro atoms. The molecular formula is C40H48N4O8. The summed E-state index contributed by atoms with van der Waals surface area (Å²) in [6.07, 6.45) is 9.95. The molecule has 3 amide bonds. The highest BCUT2D eigenvalue weighted by molar-refractivity contribution is 5.95. The molecule has 0 saturated carbocycles. The van der Waals surface area contributed by atoms with E-state index in [2.05, 4.69) is 10.5 Å². The number of carbonyl (C=O) groups is 4.